The van der Waals surface area contributed by atoms with E-state index in [0.717, 1.165) is 16.5 Å². The Hall–Kier alpha value is -4.19. The molecule has 0 saturated carbocycles. The van der Waals surface area contributed by atoms with Gasteiger partial charge in [0.25, 0.3) is 0 Å². The Morgan fingerprint density at radius 3 is 2.54 bits per heavy atom. The van der Waals surface area contributed by atoms with Crippen LogP contribution in [0.3, 0.4) is 0 Å². The number of aliphatic carboxylic acids is 1. The van der Waals surface area contributed by atoms with Gasteiger partial charge in [-0.05, 0) is 30.4 Å². The number of imidazole rings is 1. The van der Waals surface area contributed by atoms with E-state index in [0.29, 0.717) is 18.5 Å². The van der Waals surface area contributed by atoms with Crippen LogP contribution in [-0.2, 0) is 32.0 Å². The largest absolute Gasteiger partial charge is 0.480 e. The first-order valence-corrected chi connectivity index (χ1v) is 13.1. The lowest BCUT2D eigenvalue weighted by molar-refractivity contribution is -0.149. The summed E-state index contributed by atoms with van der Waals surface area (Å²) in [6.45, 7) is 3.89. The molecule has 7 N–H and O–H groups in total. The van der Waals surface area contributed by atoms with Crippen LogP contribution in [0.2, 0.25) is 0 Å². The van der Waals surface area contributed by atoms with E-state index in [1.807, 2.05) is 24.3 Å². The molecule has 4 atom stereocenters. The number of amides is 3. The van der Waals surface area contributed by atoms with Crippen LogP contribution >= 0.6 is 0 Å². The highest BCUT2D eigenvalue weighted by molar-refractivity contribution is 5.95. The van der Waals surface area contributed by atoms with Crippen molar-refractivity contribution in [2.24, 2.45) is 11.7 Å². The number of hydrogen-bond acceptors (Lipinski definition) is 6. The minimum absolute atomic E-state index is 0.0951. The lowest BCUT2D eigenvalue weighted by atomic mass is 10.0. The van der Waals surface area contributed by atoms with Crippen LogP contribution in [0, 0.1) is 5.92 Å². The van der Waals surface area contributed by atoms with Gasteiger partial charge in [0.15, 0.2) is 0 Å². The number of nitrogens with zero attached hydrogens (tertiary/aromatic N) is 2. The van der Waals surface area contributed by atoms with E-state index in [-0.39, 0.29) is 25.3 Å². The molecule has 12 heteroatoms. The number of benzene rings is 1. The molecule has 1 aliphatic heterocycles. The fourth-order valence-corrected chi connectivity index (χ4v) is 4.88. The average Bonchev–Trinajstić information content (AvgIpc) is 3.68. The number of hydrogen-bond donors (Lipinski definition) is 6. The summed E-state index contributed by atoms with van der Waals surface area (Å²) in [7, 11) is 0. The lowest BCUT2D eigenvalue weighted by Crippen LogP contribution is -2.58. The predicted molar refractivity (Wildman–Crippen MR) is 143 cm³/mol. The van der Waals surface area contributed by atoms with Gasteiger partial charge in [0, 0.05) is 48.4 Å². The summed E-state index contributed by atoms with van der Waals surface area (Å²) >= 11 is 0. The number of rotatable bonds is 11. The SMILES string of the molecule is CC(C)C(N)C(=O)NC(Cc1cnc[nH]1)C(=O)NC(Cc1c[nH]c2ccccc12)C(=O)N1CCCC1C(=O)O. The first-order valence-electron chi connectivity index (χ1n) is 13.1. The summed E-state index contributed by atoms with van der Waals surface area (Å²) < 4.78 is 0. The molecule has 208 valence electrons. The third kappa shape index (κ3) is 6.45. The Morgan fingerprint density at radius 2 is 1.85 bits per heavy atom. The number of carbonyl (C=O) groups is 4. The molecule has 39 heavy (non-hydrogen) atoms. The third-order valence-electron chi connectivity index (χ3n) is 7.17. The summed E-state index contributed by atoms with van der Waals surface area (Å²) in [5.74, 6) is -2.79. The quantitative estimate of drug-likeness (QED) is 0.208. The maximum absolute atomic E-state index is 13.7. The van der Waals surface area contributed by atoms with Crippen molar-refractivity contribution < 1.29 is 24.3 Å². The number of carboxylic acids is 1. The van der Waals surface area contributed by atoms with E-state index in [1.165, 1.54) is 11.2 Å². The number of fused-ring (bicyclic) bond motifs is 1. The molecule has 3 amide bonds. The highest BCUT2D eigenvalue weighted by atomic mass is 16.4. The molecule has 0 radical (unpaired) electrons. The fraction of sp³-hybridized carbons (Fsp3) is 0.444. The number of para-hydroxylation sites is 1. The van der Waals surface area contributed by atoms with Crippen molar-refractivity contribution in [1.82, 2.24) is 30.5 Å². The number of nitrogens with two attached hydrogens (primary N) is 1. The van der Waals surface area contributed by atoms with E-state index in [4.69, 9.17) is 5.73 Å². The Kier molecular flexibility index (Phi) is 8.65. The molecular weight excluding hydrogens is 502 g/mol. The van der Waals surface area contributed by atoms with Gasteiger partial charge in [-0.15, -0.1) is 0 Å². The highest BCUT2D eigenvalue weighted by Gasteiger charge is 2.39. The number of aromatic amines is 2. The van der Waals surface area contributed by atoms with Crippen LogP contribution in [-0.4, -0.2) is 79.4 Å². The van der Waals surface area contributed by atoms with Crippen LogP contribution in [0.4, 0.5) is 0 Å². The molecule has 3 aromatic rings. The van der Waals surface area contributed by atoms with Crippen LogP contribution in [0.5, 0.6) is 0 Å². The molecule has 0 aliphatic carbocycles. The molecule has 1 saturated heterocycles. The van der Waals surface area contributed by atoms with Crippen molar-refractivity contribution in [3.8, 4) is 0 Å². The average molecular weight is 538 g/mol. The van der Waals surface area contributed by atoms with Crippen molar-refractivity contribution >= 4 is 34.6 Å². The predicted octanol–water partition coefficient (Wildman–Crippen LogP) is 0.705. The second kappa shape index (κ2) is 12.1. The highest BCUT2D eigenvalue weighted by Crippen LogP contribution is 2.23. The van der Waals surface area contributed by atoms with E-state index in [1.54, 1.807) is 26.2 Å². The van der Waals surface area contributed by atoms with Gasteiger partial charge < -0.3 is 36.3 Å². The molecule has 12 nitrogen and oxygen atoms in total. The van der Waals surface area contributed by atoms with Gasteiger partial charge in [0.05, 0.1) is 12.4 Å². The molecule has 2 aromatic heterocycles. The van der Waals surface area contributed by atoms with E-state index in [9.17, 15) is 24.3 Å². The van der Waals surface area contributed by atoms with Crippen molar-refractivity contribution in [1.29, 1.82) is 0 Å². The van der Waals surface area contributed by atoms with Gasteiger partial charge in [0.1, 0.15) is 18.1 Å². The van der Waals surface area contributed by atoms with Crippen LogP contribution < -0.4 is 16.4 Å². The first-order chi connectivity index (χ1) is 18.7. The van der Waals surface area contributed by atoms with E-state index < -0.39 is 47.9 Å². The number of carboxylic acid groups (broad SMARTS) is 1. The number of nitrogens with one attached hydrogen (secondary N) is 4. The van der Waals surface area contributed by atoms with Gasteiger partial charge in [-0.2, -0.15) is 0 Å². The Bertz CT molecular complexity index is 1320. The maximum Gasteiger partial charge on any atom is 0.326 e. The second-order valence-corrected chi connectivity index (χ2v) is 10.3. The van der Waals surface area contributed by atoms with Crippen molar-refractivity contribution in [2.75, 3.05) is 6.54 Å². The molecule has 1 aliphatic rings. The number of carbonyl (C=O) groups excluding carboxylic acids is 3. The van der Waals surface area contributed by atoms with Crippen molar-refractivity contribution in [2.45, 2.75) is 63.7 Å². The molecular formula is C27H35N7O5. The molecule has 4 rings (SSSR count). The monoisotopic (exact) mass is 537 g/mol. The van der Waals surface area contributed by atoms with Gasteiger partial charge in [0.2, 0.25) is 17.7 Å². The number of H-pyrrole nitrogens is 2. The first kappa shape index (κ1) is 27.8. The van der Waals surface area contributed by atoms with Gasteiger partial charge >= 0.3 is 5.97 Å². The van der Waals surface area contributed by atoms with Crippen LogP contribution in [0.1, 0.15) is 37.9 Å². The molecule has 3 heterocycles. The molecule has 0 bridgehead atoms. The minimum Gasteiger partial charge on any atom is -0.480 e. The normalized spacial score (nSPS) is 17.6. The minimum atomic E-state index is -1.08. The number of likely N-dealkylation sites (tertiary alicyclic amines) is 1. The molecule has 0 spiro atoms. The number of aromatic nitrogens is 3. The van der Waals surface area contributed by atoms with Gasteiger partial charge in [-0.1, -0.05) is 32.0 Å². The van der Waals surface area contributed by atoms with E-state index >= 15 is 0 Å². The summed E-state index contributed by atoms with van der Waals surface area (Å²) in [5.41, 5.74) is 8.30. The summed E-state index contributed by atoms with van der Waals surface area (Å²) in [4.78, 5) is 63.4. The third-order valence-corrected chi connectivity index (χ3v) is 7.17. The maximum atomic E-state index is 13.7. The zero-order valence-electron chi connectivity index (χ0n) is 22.0. The zero-order valence-corrected chi connectivity index (χ0v) is 22.0. The second-order valence-electron chi connectivity index (χ2n) is 10.3. The summed E-state index contributed by atoms with van der Waals surface area (Å²) in [6, 6.07) is 3.70. The molecule has 1 aromatic carbocycles. The fourth-order valence-electron chi connectivity index (χ4n) is 4.88. The van der Waals surface area contributed by atoms with Crippen molar-refractivity contribution in [3.05, 3.63) is 54.2 Å². The standard InChI is InChI=1S/C27H35N7O5/c1-15(2)23(28)25(36)32-20(11-17-13-29-14-31-17)24(35)33-21(26(37)34-9-5-8-22(34)27(38)39)10-16-12-30-19-7-4-3-6-18(16)19/h3-4,6-7,12-15,20-23,30H,5,8-11,28H2,1-2H3,(H,29,31)(H,32,36)(H,33,35)(H,38,39). The Labute approximate surface area is 225 Å². The Balaban J connectivity index is 1.61. The van der Waals surface area contributed by atoms with Crippen LogP contribution in [0.15, 0.2) is 43.0 Å². The Morgan fingerprint density at radius 1 is 1.10 bits per heavy atom. The van der Waals surface area contributed by atoms with E-state index in [2.05, 4.69) is 25.6 Å². The smallest absolute Gasteiger partial charge is 0.326 e. The topological polar surface area (TPSA) is 186 Å². The summed E-state index contributed by atoms with van der Waals surface area (Å²) in [6.07, 6.45) is 5.93. The summed E-state index contributed by atoms with van der Waals surface area (Å²) in [5, 5.41) is 16.1. The molecule has 1 fully saturated rings. The van der Waals surface area contributed by atoms with Crippen LogP contribution in [0.25, 0.3) is 10.9 Å². The zero-order chi connectivity index (χ0) is 28.1. The lowest BCUT2D eigenvalue weighted by Gasteiger charge is -2.29. The molecule has 4 unspecified atom stereocenters. The van der Waals surface area contributed by atoms with Gasteiger partial charge in [-0.3, -0.25) is 14.4 Å². The van der Waals surface area contributed by atoms with Crippen molar-refractivity contribution in [3.63, 3.8) is 0 Å². The van der Waals surface area contributed by atoms with Gasteiger partial charge in [-0.25, -0.2) is 9.78 Å².